The number of guanidine groups is 1. The summed E-state index contributed by atoms with van der Waals surface area (Å²) in [5.41, 5.74) is 2.66. The topological polar surface area (TPSA) is 106 Å². The number of nitrogens with zero attached hydrogens (tertiary/aromatic N) is 4. The zero-order valence-electron chi connectivity index (χ0n) is 17.7. The molecule has 0 radical (unpaired) electrons. The number of allylic oxidation sites excluding steroid dienone is 1. The van der Waals surface area contributed by atoms with Gasteiger partial charge in [-0.1, -0.05) is 24.3 Å². The van der Waals surface area contributed by atoms with Crippen LogP contribution in [0.2, 0.25) is 0 Å². The average Bonchev–Trinajstić information content (AvgIpc) is 3.32. The van der Waals surface area contributed by atoms with Crippen LogP contribution in [-0.2, 0) is 10.3 Å². The second-order valence-electron chi connectivity index (χ2n) is 7.83. The number of amides is 1. The zero-order chi connectivity index (χ0) is 22.7. The van der Waals surface area contributed by atoms with Crippen molar-refractivity contribution in [3.05, 3.63) is 76.5 Å². The minimum Gasteiger partial charge on any atom is -0.345 e. The summed E-state index contributed by atoms with van der Waals surface area (Å²) in [6, 6.07) is 11.7. The van der Waals surface area contributed by atoms with Crippen molar-refractivity contribution in [2.24, 2.45) is 5.92 Å². The average molecular weight is 443 g/mol. The number of carbonyl (C=O) groups is 1. The first-order valence-corrected chi connectivity index (χ1v) is 11.0. The molecule has 1 aliphatic rings. The van der Waals surface area contributed by atoms with Crippen molar-refractivity contribution in [3.8, 4) is 17.2 Å². The summed E-state index contributed by atoms with van der Waals surface area (Å²) in [4.78, 5) is 23.5. The highest BCUT2D eigenvalue weighted by atomic mass is 32.1. The predicted octanol–water partition coefficient (Wildman–Crippen LogP) is 4.01. The van der Waals surface area contributed by atoms with E-state index in [4.69, 9.17) is 5.41 Å². The maximum absolute atomic E-state index is 13.2. The fourth-order valence-corrected chi connectivity index (χ4v) is 4.93. The Morgan fingerprint density at radius 3 is 2.84 bits per heavy atom. The van der Waals surface area contributed by atoms with Gasteiger partial charge in [0.1, 0.15) is 6.33 Å². The van der Waals surface area contributed by atoms with E-state index in [-0.39, 0.29) is 11.9 Å². The summed E-state index contributed by atoms with van der Waals surface area (Å²) >= 11 is 1.55. The molecule has 8 heteroatoms. The van der Waals surface area contributed by atoms with Crippen molar-refractivity contribution in [2.45, 2.75) is 18.9 Å². The SMILES string of the molecule is CN1C(=N)N[C@](C)(c2cc(-c3cccc(C#N)c3)cs2)C(C/C=C/c2cncnc2)C1=O. The lowest BCUT2D eigenvalue weighted by atomic mass is 9.79. The standard InChI is InChI=1S/C24H22N6OS/c1-24(21-10-19(14-32-21)18-7-3-5-16(9-18)11-25)20(22(31)30(2)23(26)29-24)8-4-6-17-12-27-15-28-13-17/h3-7,9-10,12-15,20H,8H2,1-2H3,(H2,26,29)/b6-4+/t20?,24-/m0/s1. The van der Waals surface area contributed by atoms with Crippen LogP contribution in [0, 0.1) is 22.7 Å². The van der Waals surface area contributed by atoms with Crippen LogP contribution in [0.4, 0.5) is 0 Å². The number of hydrogen-bond donors (Lipinski definition) is 2. The third-order valence-corrected chi connectivity index (χ3v) is 6.91. The monoisotopic (exact) mass is 442 g/mol. The van der Waals surface area contributed by atoms with Crippen LogP contribution < -0.4 is 5.32 Å². The normalized spacial score (nSPS) is 20.9. The molecule has 3 aromatic rings. The van der Waals surface area contributed by atoms with Gasteiger partial charge in [-0.15, -0.1) is 11.3 Å². The van der Waals surface area contributed by atoms with Crippen LogP contribution in [0.25, 0.3) is 17.2 Å². The lowest BCUT2D eigenvalue weighted by Crippen LogP contribution is -2.63. The minimum atomic E-state index is -0.742. The van der Waals surface area contributed by atoms with E-state index in [1.165, 1.54) is 11.2 Å². The molecule has 4 rings (SSSR count). The molecule has 3 heterocycles. The minimum absolute atomic E-state index is 0.0793. The van der Waals surface area contributed by atoms with Gasteiger partial charge in [0, 0.05) is 29.9 Å². The summed E-state index contributed by atoms with van der Waals surface area (Å²) in [5.74, 6) is -0.429. The maximum atomic E-state index is 13.2. The van der Waals surface area contributed by atoms with Gasteiger partial charge in [-0.05, 0) is 48.1 Å². The number of carbonyl (C=O) groups excluding carboxylic acids is 1. The number of thiophene rings is 1. The molecule has 1 saturated heterocycles. The van der Waals surface area contributed by atoms with E-state index in [2.05, 4.69) is 21.4 Å². The van der Waals surface area contributed by atoms with Crippen molar-refractivity contribution in [2.75, 3.05) is 7.05 Å². The van der Waals surface area contributed by atoms with Gasteiger partial charge >= 0.3 is 0 Å². The lowest BCUT2D eigenvalue weighted by Gasteiger charge is -2.44. The smallest absolute Gasteiger partial charge is 0.235 e. The van der Waals surface area contributed by atoms with Crippen molar-refractivity contribution >= 4 is 29.3 Å². The molecule has 0 spiro atoms. The molecule has 1 aliphatic heterocycles. The highest BCUT2D eigenvalue weighted by Crippen LogP contribution is 2.41. The van der Waals surface area contributed by atoms with Crippen molar-refractivity contribution in [3.63, 3.8) is 0 Å². The first-order chi connectivity index (χ1) is 15.4. The summed E-state index contributed by atoms with van der Waals surface area (Å²) < 4.78 is 0. The van der Waals surface area contributed by atoms with Gasteiger partial charge in [-0.3, -0.25) is 15.1 Å². The fraction of sp³-hybridized carbons (Fsp3) is 0.208. The van der Waals surface area contributed by atoms with E-state index in [0.717, 1.165) is 21.6 Å². The summed E-state index contributed by atoms with van der Waals surface area (Å²) in [6.07, 6.45) is 9.25. The Balaban J connectivity index is 1.66. The Labute approximate surface area is 190 Å². The van der Waals surface area contributed by atoms with Gasteiger partial charge in [-0.25, -0.2) is 9.97 Å². The molecule has 1 fully saturated rings. The Bertz CT molecular complexity index is 1230. The molecule has 160 valence electrons. The molecule has 2 N–H and O–H groups in total. The Kier molecular flexibility index (Phi) is 5.84. The molecule has 2 atom stereocenters. The summed E-state index contributed by atoms with van der Waals surface area (Å²) in [7, 11) is 1.62. The molecule has 0 saturated carbocycles. The van der Waals surface area contributed by atoms with Crippen molar-refractivity contribution in [1.82, 2.24) is 20.2 Å². The third-order valence-electron chi connectivity index (χ3n) is 5.74. The zero-order valence-corrected chi connectivity index (χ0v) is 18.6. The van der Waals surface area contributed by atoms with Crippen LogP contribution in [-0.4, -0.2) is 33.8 Å². The largest absolute Gasteiger partial charge is 0.345 e. The van der Waals surface area contributed by atoms with E-state index in [1.54, 1.807) is 36.8 Å². The van der Waals surface area contributed by atoms with Gasteiger partial charge in [0.05, 0.1) is 23.1 Å². The first kappa shape index (κ1) is 21.4. The lowest BCUT2D eigenvalue weighted by molar-refractivity contribution is -0.135. The quantitative estimate of drug-likeness (QED) is 0.621. The second-order valence-corrected chi connectivity index (χ2v) is 8.74. The van der Waals surface area contributed by atoms with Crippen LogP contribution in [0.1, 0.15) is 29.3 Å². The highest BCUT2D eigenvalue weighted by Gasteiger charge is 2.47. The Hall–Kier alpha value is -3.83. The Morgan fingerprint density at radius 2 is 2.09 bits per heavy atom. The molecular formula is C24H22N6OS. The number of hydrogen-bond acceptors (Lipinski definition) is 6. The highest BCUT2D eigenvalue weighted by molar-refractivity contribution is 7.10. The maximum Gasteiger partial charge on any atom is 0.235 e. The molecular weight excluding hydrogens is 420 g/mol. The second kappa shape index (κ2) is 8.73. The number of benzene rings is 1. The van der Waals surface area contributed by atoms with Crippen LogP contribution in [0.15, 0.2) is 60.5 Å². The molecule has 2 aromatic heterocycles. The van der Waals surface area contributed by atoms with E-state index in [9.17, 15) is 10.1 Å². The molecule has 0 bridgehead atoms. The first-order valence-electron chi connectivity index (χ1n) is 10.1. The van der Waals surface area contributed by atoms with Crippen molar-refractivity contribution in [1.29, 1.82) is 10.7 Å². The van der Waals surface area contributed by atoms with Crippen LogP contribution >= 0.6 is 11.3 Å². The van der Waals surface area contributed by atoms with Crippen LogP contribution in [0.5, 0.6) is 0 Å². The molecule has 0 aliphatic carbocycles. The predicted molar refractivity (Wildman–Crippen MR) is 125 cm³/mol. The molecule has 1 unspecified atom stereocenters. The number of nitriles is 1. The molecule has 1 aromatic carbocycles. The third kappa shape index (κ3) is 4.03. The van der Waals surface area contributed by atoms with Gasteiger partial charge in [0.2, 0.25) is 5.91 Å². The number of aromatic nitrogens is 2. The molecule has 32 heavy (non-hydrogen) atoms. The van der Waals surface area contributed by atoms with Crippen LogP contribution in [0.3, 0.4) is 0 Å². The molecule has 1 amide bonds. The van der Waals surface area contributed by atoms with Gasteiger partial charge in [0.15, 0.2) is 5.96 Å². The number of nitrogens with one attached hydrogen (secondary N) is 2. The van der Waals surface area contributed by atoms with Gasteiger partial charge < -0.3 is 5.32 Å². The van der Waals surface area contributed by atoms with E-state index in [0.29, 0.717) is 12.0 Å². The van der Waals surface area contributed by atoms with Gasteiger partial charge in [0.25, 0.3) is 0 Å². The van der Waals surface area contributed by atoms with Crippen molar-refractivity contribution < 1.29 is 4.79 Å². The van der Waals surface area contributed by atoms with E-state index in [1.807, 2.05) is 48.7 Å². The van der Waals surface area contributed by atoms with E-state index < -0.39 is 11.5 Å². The summed E-state index contributed by atoms with van der Waals surface area (Å²) in [5, 5.41) is 22.8. The number of rotatable bonds is 5. The fourth-order valence-electron chi connectivity index (χ4n) is 3.84. The van der Waals surface area contributed by atoms with E-state index >= 15 is 0 Å². The summed E-state index contributed by atoms with van der Waals surface area (Å²) in [6.45, 7) is 1.97. The van der Waals surface area contributed by atoms with Gasteiger partial charge in [-0.2, -0.15) is 5.26 Å². The Morgan fingerprint density at radius 1 is 1.31 bits per heavy atom. The molecule has 7 nitrogen and oxygen atoms in total.